The van der Waals surface area contributed by atoms with Crippen LogP contribution in [0.1, 0.15) is 10.4 Å². The molecule has 0 spiro atoms. The molecule has 194 valence electrons. The molecule has 2 saturated heterocycles. The fourth-order valence-corrected chi connectivity index (χ4v) is 4.46. The van der Waals surface area contributed by atoms with E-state index in [1.54, 1.807) is 24.4 Å². The van der Waals surface area contributed by atoms with Crippen molar-refractivity contribution in [2.24, 2.45) is 0 Å². The van der Waals surface area contributed by atoms with Crippen LogP contribution in [0.3, 0.4) is 0 Å². The van der Waals surface area contributed by atoms with Crippen LogP contribution in [-0.4, -0.2) is 84.4 Å². The number of morpholine rings is 2. The van der Waals surface area contributed by atoms with E-state index in [-0.39, 0.29) is 24.4 Å². The minimum absolute atomic E-state index is 0.0272. The van der Waals surface area contributed by atoms with Gasteiger partial charge in [0.15, 0.2) is 12.2 Å². The highest BCUT2D eigenvalue weighted by Gasteiger charge is 2.39. The van der Waals surface area contributed by atoms with Crippen molar-refractivity contribution >= 4 is 45.7 Å². The number of anilines is 3. The van der Waals surface area contributed by atoms with E-state index in [1.807, 2.05) is 0 Å². The van der Waals surface area contributed by atoms with E-state index in [0.717, 1.165) is 16.8 Å². The van der Waals surface area contributed by atoms with E-state index < -0.39 is 35.7 Å². The molecule has 11 nitrogen and oxygen atoms in total. The van der Waals surface area contributed by atoms with Crippen molar-refractivity contribution in [3.8, 4) is 0 Å². The molecule has 5 N–H and O–H groups in total. The molecule has 0 unspecified atom stereocenters. The molecule has 2 aliphatic rings. The number of amides is 3. The van der Waals surface area contributed by atoms with E-state index in [2.05, 4.69) is 10.3 Å². The number of carbonyl (C=O) groups excluding carboxylic acids is 3. The zero-order valence-corrected chi connectivity index (χ0v) is 19.8. The number of halogens is 1. The van der Waals surface area contributed by atoms with Gasteiger partial charge in [-0.3, -0.25) is 14.4 Å². The maximum atomic E-state index is 14.5. The zero-order valence-electron chi connectivity index (χ0n) is 19.8. The van der Waals surface area contributed by atoms with Gasteiger partial charge in [-0.1, -0.05) is 0 Å². The van der Waals surface area contributed by atoms with Gasteiger partial charge >= 0.3 is 0 Å². The monoisotopic (exact) mass is 511 g/mol. The number of nitrogens with zero attached hydrogens (tertiary/aromatic N) is 2. The smallest absolute Gasteiger partial charge is 0.259 e. The number of nitrogens with two attached hydrogens (primary N) is 1. The van der Waals surface area contributed by atoms with Crippen molar-refractivity contribution in [1.82, 2.24) is 9.88 Å². The number of H-pyrrole nitrogens is 1. The number of ether oxygens (including phenoxy) is 2. The first-order valence-electron chi connectivity index (χ1n) is 11.8. The van der Waals surface area contributed by atoms with E-state index in [0.29, 0.717) is 37.8 Å². The summed E-state index contributed by atoms with van der Waals surface area (Å²) in [7, 11) is 0. The maximum absolute atomic E-state index is 14.5. The molecule has 0 radical (unpaired) electrons. The lowest BCUT2D eigenvalue weighted by molar-refractivity contribution is -0.150. The summed E-state index contributed by atoms with van der Waals surface area (Å²) in [6, 6.07) is 8.81. The summed E-state index contributed by atoms with van der Waals surface area (Å²) in [6.07, 6.45) is -1.61. The van der Waals surface area contributed by atoms with Crippen LogP contribution >= 0.6 is 0 Å². The second-order valence-electron chi connectivity index (χ2n) is 8.79. The Hall–Kier alpha value is -4.00. The third kappa shape index (κ3) is 4.86. The normalized spacial score (nSPS) is 19.2. The van der Waals surface area contributed by atoms with Gasteiger partial charge in [-0.2, -0.15) is 0 Å². The molecule has 3 aromatic rings. The molecular formula is C25H26FN5O6. The number of hydrogen-bond acceptors (Lipinski definition) is 7. The van der Waals surface area contributed by atoms with Gasteiger partial charge < -0.3 is 40.4 Å². The number of nitrogen functional groups attached to an aromatic ring is 1. The summed E-state index contributed by atoms with van der Waals surface area (Å²) in [6.45, 7) is 1.54. The van der Waals surface area contributed by atoms with Gasteiger partial charge in [0.1, 0.15) is 11.6 Å². The Morgan fingerprint density at radius 1 is 1.14 bits per heavy atom. The molecule has 3 heterocycles. The van der Waals surface area contributed by atoms with E-state index >= 15 is 0 Å². The van der Waals surface area contributed by atoms with E-state index in [9.17, 15) is 23.9 Å². The summed E-state index contributed by atoms with van der Waals surface area (Å²) >= 11 is 0. The fraction of sp³-hybridized carbons (Fsp3) is 0.320. The highest BCUT2D eigenvalue weighted by Crippen LogP contribution is 2.26. The SMILES string of the molecule is Nc1[nH]cc2cc(NC(=O)[C@H](O)[C@H]3OCCN(c4ccc(F)c(C(=O)N5CCOCC5)c4)C3=O)ccc12. The molecule has 2 aliphatic heterocycles. The van der Waals surface area contributed by atoms with Crippen LogP contribution in [0.15, 0.2) is 42.6 Å². The third-order valence-electron chi connectivity index (χ3n) is 6.46. The van der Waals surface area contributed by atoms with Crippen LogP contribution in [-0.2, 0) is 19.1 Å². The number of aliphatic hydroxyl groups excluding tert-OH is 1. The number of rotatable bonds is 5. The molecule has 12 heteroatoms. The molecule has 0 bridgehead atoms. The van der Waals surface area contributed by atoms with Crippen molar-refractivity contribution in [3.63, 3.8) is 0 Å². The third-order valence-corrected chi connectivity index (χ3v) is 6.46. The van der Waals surface area contributed by atoms with Gasteiger partial charge in [0.2, 0.25) is 0 Å². The average Bonchev–Trinajstić information content (AvgIpc) is 3.28. The quantitative estimate of drug-likeness (QED) is 0.401. The lowest BCUT2D eigenvalue weighted by atomic mass is 10.1. The average molecular weight is 512 g/mol. The largest absolute Gasteiger partial charge is 0.385 e. The van der Waals surface area contributed by atoms with Gasteiger partial charge in [0, 0.05) is 48.0 Å². The predicted molar refractivity (Wildman–Crippen MR) is 133 cm³/mol. The first kappa shape index (κ1) is 24.7. The summed E-state index contributed by atoms with van der Waals surface area (Å²) < 4.78 is 25.2. The first-order valence-corrected chi connectivity index (χ1v) is 11.8. The topological polar surface area (TPSA) is 150 Å². The molecule has 2 fully saturated rings. The van der Waals surface area contributed by atoms with Crippen molar-refractivity contribution in [2.75, 3.05) is 55.4 Å². The van der Waals surface area contributed by atoms with Crippen LogP contribution in [0, 0.1) is 5.82 Å². The summed E-state index contributed by atoms with van der Waals surface area (Å²) in [4.78, 5) is 44.5. The Morgan fingerprint density at radius 3 is 2.70 bits per heavy atom. The Kier molecular flexibility index (Phi) is 6.78. The fourth-order valence-electron chi connectivity index (χ4n) is 4.46. The zero-order chi connectivity index (χ0) is 26.1. The Bertz CT molecular complexity index is 1350. The van der Waals surface area contributed by atoms with Crippen LogP contribution in [0.5, 0.6) is 0 Å². The van der Waals surface area contributed by atoms with Crippen LogP contribution < -0.4 is 16.0 Å². The summed E-state index contributed by atoms with van der Waals surface area (Å²) in [5.74, 6) is -2.23. The highest BCUT2D eigenvalue weighted by molar-refractivity contribution is 6.05. The molecule has 3 amide bonds. The lowest BCUT2D eigenvalue weighted by Gasteiger charge is -2.34. The van der Waals surface area contributed by atoms with Gasteiger partial charge in [0.25, 0.3) is 17.7 Å². The number of fused-ring (bicyclic) bond motifs is 1. The van der Waals surface area contributed by atoms with Crippen molar-refractivity contribution in [1.29, 1.82) is 0 Å². The maximum Gasteiger partial charge on any atom is 0.259 e. The van der Waals surface area contributed by atoms with Crippen molar-refractivity contribution in [3.05, 3.63) is 54.0 Å². The highest BCUT2D eigenvalue weighted by atomic mass is 19.1. The Labute approximate surface area is 210 Å². The van der Waals surface area contributed by atoms with Gasteiger partial charge in [-0.25, -0.2) is 4.39 Å². The first-order chi connectivity index (χ1) is 17.8. The molecule has 1 aromatic heterocycles. The van der Waals surface area contributed by atoms with Gasteiger partial charge in [-0.15, -0.1) is 0 Å². The second kappa shape index (κ2) is 10.2. The number of carbonyl (C=O) groups is 3. The molecule has 0 saturated carbocycles. The van der Waals surface area contributed by atoms with E-state index in [1.165, 1.54) is 21.9 Å². The molecule has 2 aromatic carbocycles. The number of aliphatic hydroxyl groups is 1. The van der Waals surface area contributed by atoms with Crippen LogP contribution in [0.25, 0.3) is 10.8 Å². The van der Waals surface area contributed by atoms with Crippen LogP contribution in [0.4, 0.5) is 21.6 Å². The minimum Gasteiger partial charge on any atom is -0.385 e. The number of aromatic amines is 1. The molecule has 5 rings (SSSR count). The van der Waals surface area contributed by atoms with Crippen LogP contribution in [0.2, 0.25) is 0 Å². The number of aromatic nitrogens is 1. The predicted octanol–water partition coefficient (Wildman–Crippen LogP) is 1.09. The van der Waals surface area contributed by atoms with E-state index in [4.69, 9.17) is 15.2 Å². The van der Waals surface area contributed by atoms with Gasteiger partial charge in [0.05, 0.1) is 25.4 Å². The molecule has 37 heavy (non-hydrogen) atoms. The number of nitrogens with one attached hydrogen (secondary N) is 2. The lowest BCUT2D eigenvalue weighted by Crippen LogP contribution is -2.55. The number of hydrogen-bond donors (Lipinski definition) is 4. The molecule has 2 atom stereocenters. The standard InChI is InChI=1S/C25H26FN5O6/c26-19-4-2-16(12-18(19)24(34)30-5-8-36-9-6-30)31-7-10-37-21(25(31)35)20(32)23(33)29-15-1-3-17-14(11-15)13-28-22(17)27/h1-4,11-13,20-21,28,32H,5-10,27H2,(H,29,33)/t20-,21-/m1/s1. The molecule has 0 aliphatic carbocycles. The van der Waals surface area contributed by atoms with Crippen molar-refractivity contribution in [2.45, 2.75) is 12.2 Å². The van der Waals surface area contributed by atoms with Crippen molar-refractivity contribution < 1.29 is 33.4 Å². The molecular weight excluding hydrogens is 485 g/mol. The Balaban J connectivity index is 1.31. The second-order valence-corrected chi connectivity index (χ2v) is 8.79. The minimum atomic E-state index is -1.81. The Morgan fingerprint density at radius 2 is 1.92 bits per heavy atom. The summed E-state index contributed by atoms with van der Waals surface area (Å²) in [5.41, 5.74) is 6.33. The summed E-state index contributed by atoms with van der Waals surface area (Å²) in [5, 5.41) is 14.8. The number of benzene rings is 2. The van der Waals surface area contributed by atoms with Gasteiger partial charge in [-0.05, 0) is 36.4 Å².